The van der Waals surface area contributed by atoms with E-state index in [4.69, 9.17) is 0 Å². The van der Waals surface area contributed by atoms with Crippen LogP contribution in [0.5, 0.6) is 0 Å². The molecule has 0 saturated heterocycles. The lowest BCUT2D eigenvalue weighted by Crippen LogP contribution is -2.53. The molecule has 0 aromatic heterocycles. The lowest BCUT2D eigenvalue weighted by Gasteiger charge is -2.27. The standard InChI is InChI=1S/C66H127NO5/c1-3-5-7-9-11-13-15-17-19-21-23-25-27-29-31-32-34-35-37-39-41-43-45-47-49-51-53-55-57-59-63(69)65(71)62(61-68)67-66(72)64(70)60-58-56-54-52-50-48-46-44-42-40-38-36-33-30-28-26-24-22-20-18-16-14-12-10-8-6-4-2/h30,33,43,45,51,53,62-65,68-71H,3-29,31-32,34-42,44,46-50,52,54-61H2,1-2H3,(H,67,72)/b33-30-,45-43+,53-51+. The Balaban J connectivity index is 3.63. The third kappa shape index (κ3) is 53.4. The van der Waals surface area contributed by atoms with E-state index in [1.54, 1.807) is 0 Å². The van der Waals surface area contributed by atoms with Crippen LogP contribution in [0.3, 0.4) is 0 Å². The zero-order valence-corrected chi connectivity index (χ0v) is 48.4. The highest BCUT2D eigenvalue weighted by atomic mass is 16.3. The Hall–Kier alpha value is -1.47. The Morgan fingerprint density at radius 1 is 0.333 bits per heavy atom. The van der Waals surface area contributed by atoms with Crippen molar-refractivity contribution in [2.45, 2.75) is 372 Å². The first-order valence-electron chi connectivity index (χ1n) is 32.4. The van der Waals surface area contributed by atoms with Gasteiger partial charge in [0, 0.05) is 0 Å². The third-order valence-corrected chi connectivity index (χ3v) is 15.3. The molecule has 0 radical (unpaired) electrons. The zero-order valence-electron chi connectivity index (χ0n) is 48.4. The second-order valence-electron chi connectivity index (χ2n) is 22.4. The highest BCUT2D eigenvalue weighted by molar-refractivity contribution is 5.80. The number of hydrogen-bond donors (Lipinski definition) is 5. The minimum atomic E-state index is -1.29. The predicted octanol–water partition coefficient (Wildman–Crippen LogP) is 19.5. The van der Waals surface area contributed by atoms with Crippen molar-refractivity contribution in [3.63, 3.8) is 0 Å². The van der Waals surface area contributed by atoms with Gasteiger partial charge in [0.1, 0.15) is 12.2 Å². The molecule has 0 saturated carbocycles. The van der Waals surface area contributed by atoms with E-state index in [-0.39, 0.29) is 0 Å². The number of aliphatic hydroxyl groups excluding tert-OH is 4. The largest absolute Gasteiger partial charge is 0.394 e. The van der Waals surface area contributed by atoms with Crippen molar-refractivity contribution in [1.29, 1.82) is 0 Å². The topological polar surface area (TPSA) is 110 Å². The first kappa shape index (κ1) is 70.5. The zero-order chi connectivity index (χ0) is 52.3. The highest BCUT2D eigenvalue weighted by Crippen LogP contribution is 2.18. The number of carbonyl (C=O) groups is 1. The van der Waals surface area contributed by atoms with E-state index in [1.165, 1.54) is 276 Å². The molecule has 0 bridgehead atoms. The lowest BCUT2D eigenvalue weighted by atomic mass is 10.00. The van der Waals surface area contributed by atoms with Crippen molar-refractivity contribution in [2.75, 3.05) is 6.61 Å². The summed E-state index contributed by atoms with van der Waals surface area (Å²) in [6.07, 6.45) is 76.8. The van der Waals surface area contributed by atoms with E-state index < -0.39 is 36.9 Å². The quantitative estimate of drug-likeness (QED) is 0.0308. The van der Waals surface area contributed by atoms with E-state index in [2.05, 4.69) is 55.6 Å². The Morgan fingerprint density at radius 3 is 0.875 bits per heavy atom. The van der Waals surface area contributed by atoms with Gasteiger partial charge in [0.05, 0.1) is 18.8 Å². The monoisotopic (exact) mass is 1010 g/mol. The summed E-state index contributed by atoms with van der Waals surface area (Å²) in [4.78, 5) is 12.6. The van der Waals surface area contributed by atoms with Crippen LogP contribution in [0.1, 0.15) is 348 Å². The van der Waals surface area contributed by atoms with Crippen molar-refractivity contribution in [3.8, 4) is 0 Å². The molecule has 5 N–H and O–H groups in total. The van der Waals surface area contributed by atoms with Gasteiger partial charge in [-0.05, 0) is 77.0 Å². The van der Waals surface area contributed by atoms with Crippen LogP contribution in [0, 0.1) is 0 Å². The fourth-order valence-electron chi connectivity index (χ4n) is 10.2. The van der Waals surface area contributed by atoms with Crippen LogP contribution < -0.4 is 5.32 Å². The summed E-state index contributed by atoms with van der Waals surface area (Å²) in [6.45, 7) is 4.09. The number of unbranched alkanes of at least 4 members (excludes halogenated alkanes) is 45. The van der Waals surface area contributed by atoms with Crippen molar-refractivity contribution in [2.24, 2.45) is 0 Å². The Kier molecular flexibility index (Phi) is 59.2. The minimum absolute atomic E-state index is 0.360. The van der Waals surface area contributed by atoms with Crippen LogP contribution >= 0.6 is 0 Å². The molecule has 0 rings (SSSR count). The second kappa shape index (κ2) is 60.4. The molecule has 0 aromatic rings. The van der Waals surface area contributed by atoms with Gasteiger partial charge < -0.3 is 25.7 Å². The van der Waals surface area contributed by atoms with Crippen molar-refractivity contribution in [3.05, 3.63) is 36.5 Å². The van der Waals surface area contributed by atoms with Crippen LogP contribution in [-0.2, 0) is 4.79 Å². The minimum Gasteiger partial charge on any atom is -0.394 e. The molecule has 1 amide bonds. The maximum absolute atomic E-state index is 12.6. The average Bonchev–Trinajstić information content (AvgIpc) is 3.39. The van der Waals surface area contributed by atoms with Gasteiger partial charge in [0.2, 0.25) is 5.91 Å². The van der Waals surface area contributed by atoms with E-state index in [0.717, 1.165) is 38.5 Å². The molecule has 426 valence electrons. The summed E-state index contributed by atoms with van der Waals surface area (Å²) in [5.41, 5.74) is 0. The number of hydrogen-bond acceptors (Lipinski definition) is 5. The van der Waals surface area contributed by atoms with Crippen LogP contribution in [-0.4, -0.2) is 57.3 Å². The summed E-state index contributed by atoms with van der Waals surface area (Å²) in [5.74, 6) is -0.594. The molecule has 0 heterocycles. The number of rotatable bonds is 60. The molecule has 0 spiro atoms. The van der Waals surface area contributed by atoms with E-state index in [1.807, 2.05) is 0 Å². The number of amides is 1. The molecule has 0 fully saturated rings. The molecule has 0 aliphatic rings. The maximum atomic E-state index is 12.6. The SMILES string of the molecule is CCCCCCCCCCCCCC/C=C\CCCCCCCCCCCCCC(O)C(=O)NC(CO)C(O)C(O)CCC/C=C/CC/C=C/CCCCCCCCCCCCCCCCCCCCCC. The molecule has 0 aliphatic heterocycles. The fraction of sp³-hybridized carbons (Fsp3) is 0.894. The molecular weight excluding hydrogens is 887 g/mol. The van der Waals surface area contributed by atoms with Crippen molar-refractivity contribution in [1.82, 2.24) is 5.32 Å². The molecule has 6 nitrogen and oxygen atoms in total. The van der Waals surface area contributed by atoms with Gasteiger partial charge in [-0.1, -0.05) is 307 Å². The molecule has 4 atom stereocenters. The van der Waals surface area contributed by atoms with E-state index >= 15 is 0 Å². The van der Waals surface area contributed by atoms with Gasteiger partial charge in [-0.2, -0.15) is 0 Å². The summed E-state index contributed by atoms with van der Waals surface area (Å²) >= 11 is 0. The molecule has 0 aliphatic carbocycles. The van der Waals surface area contributed by atoms with Crippen molar-refractivity contribution < 1.29 is 25.2 Å². The molecule has 6 heteroatoms. The Morgan fingerprint density at radius 2 is 0.583 bits per heavy atom. The van der Waals surface area contributed by atoms with Gasteiger partial charge in [-0.15, -0.1) is 0 Å². The average molecular weight is 1010 g/mol. The smallest absolute Gasteiger partial charge is 0.249 e. The summed E-state index contributed by atoms with van der Waals surface area (Å²) in [6, 6.07) is -1.01. The number of aliphatic hydroxyl groups is 4. The maximum Gasteiger partial charge on any atom is 0.249 e. The highest BCUT2D eigenvalue weighted by Gasteiger charge is 2.28. The molecular formula is C66H127NO5. The second-order valence-corrected chi connectivity index (χ2v) is 22.4. The Labute approximate surface area is 449 Å². The van der Waals surface area contributed by atoms with Gasteiger partial charge in [-0.25, -0.2) is 0 Å². The van der Waals surface area contributed by atoms with E-state index in [9.17, 15) is 25.2 Å². The van der Waals surface area contributed by atoms with Gasteiger partial charge in [-0.3, -0.25) is 4.79 Å². The normalized spacial score (nSPS) is 13.8. The van der Waals surface area contributed by atoms with Crippen LogP contribution in [0.15, 0.2) is 36.5 Å². The van der Waals surface area contributed by atoms with Crippen LogP contribution in [0.4, 0.5) is 0 Å². The Bertz CT molecular complexity index is 1140. The number of nitrogens with one attached hydrogen (secondary N) is 1. The lowest BCUT2D eigenvalue weighted by molar-refractivity contribution is -0.132. The third-order valence-electron chi connectivity index (χ3n) is 15.3. The first-order chi connectivity index (χ1) is 35.5. The number of carbonyl (C=O) groups excluding carboxylic acids is 1. The van der Waals surface area contributed by atoms with E-state index in [0.29, 0.717) is 19.3 Å². The molecule has 72 heavy (non-hydrogen) atoms. The first-order valence-corrected chi connectivity index (χ1v) is 32.4. The van der Waals surface area contributed by atoms with Crippen LogP contribution in [0.25, 0.3) is 0 Å². The summed E-state index contributed by atoms with van der Waals surface area (Å²) in [7, 11) is 0. The van der Waals surface area contributed by atoms with Crippen molar-refractivity contribution >= 4 is 5.91 Å². The van der Waals surface area contributed by atoms with Crippen LogP contribution in [0.2, 0.25) is 0 Å². The van der Waals surface area contributed by atoms with Gasteiger partial charge >= 0.3 is 0 Å². The number of allylic oxidation sites excluding steroid dienone is 6. The van der Waals surface area contributed by atoms with Gasteiger partial charge in [0.25, 0.3) is 0 Å². The summed E-state index contributed by atoms with van der Waals surface area (Å²) in [5, 5.41) is 44.1. The van der Waals surface area contributed by atoms with Gasteiger partial charge in [0.15, 0.2) is 0 Å². The molecule has 4 unspecified atom stereocenters. The molecule has 0 aromatic carbocycles. The summed E-state index contributed by atoms with van der Waals surface area (Å²) < 4.78 is 0. The predicted molar refractivity (Wildman–Crippen MR) is 316 cm³/mol. The fourth-order valence-corrected chi connectivity index (χ4v) is 10.2.